The monoisotopic (exact) mass is 347 g/mol. The Morgan fingerprint density at radius 1 is 0.808 bits per heavy atom. The fourth-order valence-electron chi connectivity index (χ4n) is 2.97. The van der Waals surface area contributed by atoms with E-state index < -0.39 is 0 Å². The van der Waals surface area contributed by atoms with Crippen molar-refractivity contribution in [1.82, 2.24) is 0 Å². The molecule has 1 atom stereocenters. The molecular formula is C23H25NO2. The summed E-state index contributed by atoms with van der Waals surface area (Å²) in [5, 5.41) is 0. The molecule has 134 valence electrons. The molecule has 0 aliphatic heterocycles. The third-order valence-corrected chi connectivity index (χ3v) is 4.31. The molecule has 0 aromatic heterocycles. The van der Waals surface area contributed by atoms with Gasteiger partial charge in [-0.1, -0.05) is 42.5 Å². The van der Waals surface area contributed by atoms with E-state index in [9.17, 15) is 0 Å². The summed E-state index contributed by atoms with van der Waals surface area (Å²) >= 11 is 0. The van der Waals surface area contributed by atoms with Crippen molar-refractivity contribution in [2.45, 2.75) is 19.3 Å². The van der Waals surface area contributed by atoms with E-state index in [0.29, 0.717) is 13.2 Å². The van der Waals surface area contributed by atoms with E-state index >= 15 is 0 Å². The van der Waals surface area contributed by atoms with Gasteiger partial charge in [-0.2, -0.15) is 0 Å². The van der Waals surface area contributed by atoms with E-state index in [-0.39, 0.29) is 5.92 Å². The molecule has 0 bridgehead atoms. The van der Waals surface area contributed by atoms with Crippen LogP contribution in [-0.4, -0.2) is 13.2 Å². The number of benzene rings is 3. The van der Waals surface area contributed by atoms with Gasteiger partial charge in [0.05, 0.1) is 6.61 Å². The molecule has 2 N–H and O–H groups in total. The Morgan fingerprint density at radius 2 is 1.54 bits per heavy atom. The van der Waals surface area contributed by atoms with Gasteiger partial charge in [-0.3, -0.25) is 0 Å². The number of para-hydroxylation sites is 1. The first-order valence-electron chi connectivity index (χ1n) is 9.03. The molecule has 3 nitrogen and oxygen atoms in total. The Balaban J connectivity index is 1.72. The normalized spacial score (nSPS) is 11.8. The molecule has 0 aliphatic rings. The zero-order valence-corrected chi connectivity index (χ0v) is 15.1. The zero-order valence-electron chi connectivity index (χ0n) is 15.1. The van der Waals surface area contributed by atoms with E-state index in [4.69, 9.17) is 15.2 Å². The molecule has 1 unspecified atom stereocenters. The van der Waals surface area contributed by atoms with Crippen LogP contribution in [0.1, 0.15) is 24.0 Å². The predicted molar refractivity (Wildman–Crippen MR) is 106 cm³/mol. The van der Waals surface area contributed by atoms with E-state index in [2.05, 4.69) is 24.3 Å². The van der Waals surface area contributed by atoms with Gasteiger partial charge in [-0.25, -0.2) is 0 Å². The maximum Gasteiger partial charge on any atom is 0.127 e. The average Bonchev–Trinajstić information content (AvgIpc) is 2.68. The van der Waals surface area contributed by atoms with Gasteiger partial charge < -0.3 is 15.2 Å². The Morgan fingerprint density at radius 3 is 2.23 bits per heavy atom. The van der Waals surface area contributed by atoms with Crippen LogP contribution < -0.4 is 15.2 Å². The van der Waals surface area contributed by atoms with Crippen molar-refractivity contribution >= 4 is 0 Å². The second-order valence-electron chi connectivity index (χ2n) is 6.20. The second-order valence-corrected chi connectivity index (χ2v) is 6.20. The Bertz CT molecular complexity index is 800. The lowest BCUT2D eigenvalue weighted by Gasteiger charge is -2.17. The van der Waals surface area contributed by atoms with E-state index in [0.717, 1.165) is 23.7 Å². The van der Waals surface area contributed by atoms with Crippen LogP contribution in [0, 0.1) is 0 Å². The van der Waals surface area contributed by atoms with Gasteiger partial charge >= 0.3 is 0 Å². The lowest BCUT2D eigenvalue weighted by molar-refractivity contribution is 0.340. The van der Waals surface area contributed by atoms with Gasteiger partial charge in [0.15, 0.2) is 0 Å². The van der Waals surface area contributed by atoms with Gasteiger partial charge in [-0.05, 0) is 67.4 Å². The quantitative estimate of drug-likeness (QED) is 0.612. The highest BCUT2D eigenvalue weighted by Crippen LogP contribution is 2.27. The highest BCUT2D eigenvalue weighted by molar-refractivity contribution is 5.36. The summed E-state index contributed by atoms with van der Waals surface area (Å²) in [4.78, 5) is 0. The zero-order chi connectivity index (χ0) is 18.2. The van der Waals surface area contributed by atoms with Crippen molar-refractivity contribution in [3.8, 4) is 17.2 Å². The lowest BCUT2D eigenvalue weighted by Crippen LogP contribution is -2.15. The standard InChI is InChI=1S/C23H25NO2/c1-2-25-21-13-11-18(12-14-21)15-20(17-24)19-7-6-10-23(16-19)26-22-8-4-3-5-9-22/h3-14,16,20H,2,15,17,24H2,1H3. The summed E-state index contributed by atoms with van der Waals surface area (Å²) in [6.45, 7) is 3.25. The minimum atomic E-state index is 0.243. The maximum absolute atomic E-state index is 6.07. The van der Waals surface area contributed by atoms with E-state index in [1.165, 1.54) is 11.1 Å². The Kier molecular flexibility index (Phi) is 6.29. The van der Waals surface area contributed by atoms with Crippen molar-refractivity contribution in [1.29, 1.82) is 0 Å². The smallest absolute Gasteiger partial charge is 0.127 e. The maximum atomic E-state index is 6.07. The van der Waals surface area contributed by atoms with Crippen molar-refractivity contribution in [2.24, 2.45) is 5.73 Å². The number of rotatable bonds is 8. The molecule has 0 heterocycles. The summed E-state index contributed by atoms with van der Waals surface area (Å²) in [5.41, 5.74) is 8.51. The molecule has 0 saturated carbocycles. The first-order valence-corrected chi connectivity index (χ1v) is 9.03. The van der Waals surface area contributed by atoms with Crippen LogP contribution in [0.2, 0.25) is 0 Å². The van der Waals surface area contributed by atoms with E-state index in [1.54, 1.807) is 0 Å². The van der Waals surface area contributed by atoms with Gasteiger partial charge in [-0.15, -0.1) is 0 Å². The van der Waals surface area contributed by atoms with Crippen molar-refractivity contribution < 1.29 is 9.47 Å². The minimum Gasteiger partial charge on any atom is -0.494 e. The molecule has 3 aromatic carbocycles. The molecule has 0 fully saturated rings. The predicted octanol–water partition coefficient (Wildman–Crippen LogP) is 5.16. The summed E-state index contributed by atoms with van der Waals surface area (Å²) in [6.07, 6.45) is 0.887. The molecule has 3 aromatic rings. The third kappa shape index (κ3) is 4.87. The molecule has 0 amide bonds. The number of ether oxygens (including phenoxy) is 2. The van der Waals surface area contributed by atoms with Gasteiger partial charge in [0, 0.05) is 5.92 Å². The van der Waals surface area contributed by atoms with Gasteiger partial charge in [0.2, 0.25) is 0 Å². The third-order valence-electron chi connectivity index (χ3n) is 4.31. The molecule has 0 aliphatic carbocycles. The second kappa shape index (κ2) is 9.07. The summed E-state index contributed by atoms with van der Waals surface area (Å²) < 4.78 is 11.5. The average molecular weight is 347 g/mol. The number of nitrogens with two attached hydrogens (primary N) is 1. The van der Waals surface area contributed by atoms with Crippen LogP contribution in [0.15, 0.2) is 78.9 Å². The van der Waals surface area contributed by atoms with Crippen LogP contribution in [0.25, 0.3) is 0 Å². The summed E-state index contributed by atoms with van der Waals surface area (Å²) in [6, 6.07) is 26.3. The van der Waals surface area contributed by atoms with Crippen molar-refractivity contribution in [2.75, 3.05) is 13.2 Å². The fraction of sp³-hybridized carbons (Fsp3) is 0.217. The van der Waals surface area contributed by atoms with E-state index in [1.807, 2.05) is 61.5 Å². The van der Waals surface area contributed by atoms with Crippen LogP contribution in [-0.2, 0) is 6.42 Å². The molecule has 0 radical (unpaired) electrons. The lowest BCUT2D eigenvalue weighted by atomic mass is 9.92. The topological polar surface area (TPSA) is 44.5 Å². The number of hydrogen-bond donors (Lipinski definition) is 1. The van der Waals surface area contributed by atoms with Crippen molar-refractivity contribution in [3.63, 3.8) is 0 Å². The molecule has 26 heavy (non-hydrogen) atoms. The molecule has 0 saturated heterocycles. The highest BCUT2D eigenvalue weighted by Gasteiger charge is 2.12. The first kappa shape index (κ1) is 18.0. The van der Waals surface area contributed by atoms with Gasteiger partial charge in [0.25, 0.3) is 0 Å². The minimum absolute atomic E-state index is 0.243. The summed E-state index contributed by atoms with van der Waals surface area (Å²) in [5.74, 6) is 2.81. The van der Waals surface area contributed by atoms with Crippen LogP contribution in [0.4, 0.5) is 0 Å². The largest absolute Gasteiger partial charge is 0.494 e. The van der Waals surface area contributed by atoms with Crippen LogP contribution >= 0.6 is 0 Å². The van der Waals surface area contributed by atoms with Crippen LogP contribution in [0.5, 0.6) is 17.2 Å². The molecule has 0 spiro atoms. The Labute approximate surface area is 155 Å². The molecule has 3 heteroatoms. The summed E-state index contributed by atoms with van der Waals surface area (Å²) in [7, 11) is 0. The first-order chi connectivity index (χ1) is 12.8. The SMILES string of the molecule is CCOc1ccc(CC(CN)c2cccc(Oc3ccccc3)c2)cc1. The Hall–Kier alpha value is -2.78. The van der Waals surface area contributed by atoms with Gasteiger partial charge in [0.1, 0.15) is 17.2 Å². The molecular weight excluding hydrogens is 322 g/mol. The number of hydrogen-bond acceptors (Lipinski definition) is 3. The van der Waals surface area contributed by atoms with Crippen LogP contribution in [0.3, 0.4) is 0 Å². The molecule has 3 rings (SSSR count). The fourth-order valence-corrected chi connectivity index (χ4v) is 2.97. The van der Waals surface area contributed by atoms with Crippen molar-refractivity contribution in [3.05, 3.63) is 90.0 Å². The highest BCUT2D eigenvalue weighted by atomic mass is 16.5.